The summed E-state index contributed by atoms with van der Waals surface area (Å²) in [5.74, 6) is 0.680. The summed E-state index contributed by atoms with van der Waals surface area (Å²) < 4.78 is 1.67. The molecule has 74 valence electrons. The van der Waals surface area contributed by atoms with Gasteiger partial charge < -0.3 is 0 Å². The van der Waals surface area contributed by atoms with Gasteiger partial charge >= 0.3 is 0 Å². The van der Waals surface area contributed by atoms with Crippen LogP contribution in [0.4, 0.5) is 0 Å². The van der Waals surface area contributed by atoms with Crippen molar-refractivity contribution < 1.29 is 0 Å². The lowest BCUT2D eigenvalue weighted by Gasteiger charge is -2.01. The smallest absolute Gasteiger partial charge is 0.154 e. The van der Waals surface area contributed by atoms with E-state index in [1.807, 2.05) is 20.0 Å². The highest BCUT2D eigenvalue weighted by Gasteiger charge is 2.02. The average molecular weight is 198 g/mol. The molecule has 0 aliphatic rings. The van der Waals surface area contributed by atoms with Crippen molar-refractivity contribution in [2.75, 3.05) is 0 Å². The van der Waals surface area contributed by atoms with E-state index in [4.69, 9.17) is 5.26 Å². The van der Waals surface area contributed by atoms with Gasteiger partial charge in [0.2, 0.25) is 0 Å². The van der Waals surface area contributed by atoms with E-state index >= 15 is 0 Å². The number of aromatic nitrogens is 3. The number of nitrogens with zero attached hydrogens (tertiary/aromatic N) is 4. The Morgan fingerprint density at radius 1 is 1.33 bits per heavy atom. The molecule has 0 amide bonds. The zero-order valence-electron chi connectivity index (χ0n) is 8.60. The Hall–Kier alpha value is -2.15. The molecule has 0 fully saturated rings. The number of aryl methyl sites for hydroxylation is 2. The molecular formula is C11H10N4. The van der Waals surface area contributed by atoms with Crippen molar-refractivity contribution in [1.29, 1.82) is 5.26 Å². The van der Waals surface area contributed by atoms with E-state index < -0.39 is 0 Å². The van der Waals surface area contributed by atoms with Crippen LogP contribution in [0.5, 0.6) is 0 Å². The molecule has 0 aromatic carbocycles. The van der Waals surface area contributed by atoms with Gasteiger partial charge in [0.25, 0.3) is 0 Å². The van der Waals surface area contributed by atoms with Crippen LogP contribution < -0.4 is 0 Å². The standard InChI is InChI=1S/C11H10N4/c1-8-6-13-15(7-8)11-4-10(5-12)3-9(2)14-11/h3-4,6-7H,1-2H3. The normalized spacial score (nSPS) is 9.93. The molecule has 0 radical (unpaired) electrons. The molecule has 2 rings (SSSR count). The van der Waals surface area contributed by atoms with Crippen molar-refractivity contribution in [2.24, 2.45) is 0 Å². The molecule has 2 aromatic rings. The van der Waals surface area contributed by atoms with Gasteiger partial charge in [0.05, 0.1) is 17.8 Å². The fraction of sp³-hybridized carbons (Fsp3) is 0.182. The number of hydrogen-bond acceptors (Lipinski definition) is 3. The van der Waals surface area contributed by atoms with Gasteiger partial charge in [0.15, 0.2) is 5.82 Å². The quantitative estimate of drug-likeness (QED) is 0.701. The monoisotopic (exact) mass is 198 g/mol. The molecule has 0 bridgehead atoms. The van der Waals surface area contributed by atoms with E-state index in [0.717, 1.165) is 11.3 Å². The van der Waals surface area contributed by atoms with Crippen LogP contribution in [0, 0.1) is 25.2 Å². The summed E-state index contributed by atoms with van der Waals surface area (Å²) in [4.78, 5) is 4.31. The van der Waals surface area contributed by atoms with Crippen LogP contribution in [-0.2, 0) is 0 Å². The van der Waals surface area contributed by atoms with Gasteiger partial charge in [-0.05, 0) is 25.5 Å². The summed E-state index contributed by atoms with van der Waals surface area (Å²) in [6.45, 7) is 3.82. The molecule has 2 aromatic heterocycles. The molecule has 4 heteroatoms. The van der Waals surface area contributed by atoms with Gasteiger partial charge in [-0.3, -0.25) is 0 Å². The van der Waals surface area contributed by atoms with Gasteiger partial charge in [-0.15, -0.1) is 0 Å². The third kappa shape index (κ3) is 1.86. The molecule has 0 aliphatic heterocycles. The van der Waals surface area contributed by atoms with E-state index in [1.54, 1.807) is 23.0 Å². The SMILES string of the molecule is Cc1cnn(-c2cc(C#N)cc(C)n2)c1. The van der Waals surface area contributed by atoms with Crippen molar-refractivity contribution in [2.45, 2.75) is 13.8 Å². The fourth-order valence-corrected chi connectivity index (χ4v) is 1.37. The lowest BCUT2D eigenvalue weighted by atomic mass is 10.2. The van der Waals surface area contributed by atoms with E-state index in [2.05, 4.69) is 16.2 Å². The summed E-state index contributed by atoms with van der Waals surface area (Å²) in [6.07, 6.45) is 3.64. The topological polar surface area (TPSA) is 54.5 Å². The molecule has 4 nitrogen and oxygen atoms in total. The molecule has 2 heterocycles. The molecule has 15 heavy (non-hydrogen) atoms. The second-order valence-electron chi connectivity index (χ2n) is 3.43. The third-order valence-electron chi connectivity index (χ3n) is 2.02. The Morgan fingerprint density at radius 2 is 2.13 bits per heavy atom. The van der Waals surface area contributed by atoms with Crippen LogP contribution in [-0.4, -0.2) is 14.8 Å². The van der Waals surface area contributed by atoms with Crippen LogP contribution in [0.2, 0.25) is 0 Å². The second kappa shape index (κ2) is 3.54. The molecule has 0 aliphatic carbocycles. The zero-order valence-corrected chi connectivity index (χ0v) is 8.60. The maximum absolute atomic E-state index is 8.83. The highest BCUT2D eigenvalue weighted by atomic mass is 15.3. The molecular weight excluding hydrogens is 188 g/mol. The lowest BCUT2D eigenvalue weighted by molar-refractivity contribution is 0.839. The minimum absolute atomic E-state index is 0.602. The highest BCUT2D eigenvalue weighted by molar-refractivity contribution is 5.37. The van der Waals surface area contributed by atoms with Crippen LogP contribution in [0.25, 0.3) is 5.82 Å². The summed E-state index contributed by atoms with van der Waals surface area (Å²) in [6, 6.07) is 5.58. The Bertz CT molecular complexity index is 534. The summed E-state index contributed by atoms with van der Waals surface area (Å²) >= 11 is 0. The molecule has 0 unspecified atom stereocenters. The fourth-order valence-electron chi connectivity index (χ4n) is 1.37. The third-order valence-corrected chi connectivity index (χ3v) is 2.02. The van der Waals surface area contributed by atoms with Crippen LogP contribution in [0.1, 0.15) is 16.8 Å². The number of rotatable bonds is 1. The lowest BCUT2D eigenvalue weighted by Crippen LogP contribution is -1.99. The van der Waals surface area contributed by atoms with Crippen LogP contribution >= 0.6 is 0 Å². The molecule has 0 N–H and O–H groups in total. The maximum atomic E-state index is 8.83. The Labute approximate surface area is 87.8 Å². The van der Waals surface area contributed by atoms with Crippen molar-refractivity contribution in [3.63, 3.8) is 0 Å². The van der Waals surface area contributed by atoms with Gasteiger partial charge in [-0.1, -0.05) is 0 Å². The van der Waals surface area contributed by atoms with Crippen molar-refractivity contribution in [3.05, 3.63) is 41.3 Å². The van der Waals surface area contributed by atoms with Crippen LogP contribution in [0.15, 0.2) is 24.5 Å². The van der Waals surface area contributed by atoms with Gasteiger partial charge in [-0.2, -0.15) is 10.4 Å². The first-order valence-corrected chi connectivity index (χ1v) is 4.59. The Balaban J connectivity index is 2.54. The molecule has 0 saturated carbocycles. The van der Waals surface area contributed by atoms with Crippen LogP contribution in [0.3, 0.4) is 0 Å². The first-order valence-electron chi connectivity index (χ1n) is 4.59. The van der Waals surface area contributed by atoms with E-state index in [-0.39, 0.29) is 0 Å². The second-order valence-corrected chi connectivity index (χ2v) is 3.43. The van der Waals surface area contributed by atoms with Gasteiger partial charge in [0, 0.05) is 18.0 Å². The zero-order chi connectivity index (χ0) is 10.8. The van der Waals surface area contributed by atoms with Crippen molar-refractivity contribution >= 4 is 0 Å². The summed E-state index contributed by atoms with van der Waals surface area (Å²) in [7, 11) is 0. The largest absolute Gasteiger partial charge is 0.234 e. The van der Waals surface area contributed by atoms with E-state index in [1.165, 1.54) is 0 Å². The summed E-state index contributed by atoms with van der Waals surface area (Å²) in [5.41, 5.74) is 2.49. The number of hydrogen-bond donors (Lipinski definition) is 0. The predicted octanol–water partition coefficient (Wildman–Crippen LogP) is 1.76. The van der Waals surface area contributed by atoms with Crippen molar-refractivity contribution in [1.82, 2.24) is 14.8 Å². The number of pyridine rings is 1. The van der Waals surface area contributed by atoms with Gasteiger partial charge in [0.1, 0.15) is 0 Å². The molecule has 0 spiro atoms. The van der Waals surface area contributed by atoms with E-state index in [9.17, 15) is 0 Å². The van der Waals surface area contributed by atoms with Crippen molar-refractivity contribution in [3.8, 4) is 11.9 Å². The molecule has 0 atom stereocenters. The summed E-state index contributed by atoms with van der Waals surface area (Å²) in [5, 5.41) is 13.0. The first kappa shape index (κ1) is 9.41. The van der Waals surface area contributed by atoms with Gasteiger partial charge in [-0.25, -0.2) is 9.67 Å². The minimum Gasteiger partial charge on any atom is -0.234 e. The predicted molar refractivity (Wildman–Crippen MR) is 55.5 cm³/mol. The average Bonchev–Trinajstić information content (AvgIpc) is 2.64. The first-order chi connectivity index (χ1) is 7.19. The Kier molecular flexibility index (Phi) is 2.22. The minimum atomic E-state index is 0.602. The van der Waals surface area contributed by atoms with E-state index in [0.29, 0.717) is 11.4 Å². The maximum Gasteiger partial charge on any atom is 0.154 e. The molecule has 0 saturated heterocycles. The number of nitriles is 1. The Morgan fingerprint density at radius 3 is 2.73 bits per heavy atom. The highest BCUT2D eigenvalue weighted by Crippen LogP contribution is 2.09.